The molecule has 1 aromatic heterocycles. The Morgan fingerprint density at radius 1 is 1.47 bits per heavy atom. The zero-order chi connectivity index (χ0) is 12.2. The van der Waals surface area contributed by atoms with E-state index in [1.54, 1.807) is 0 Å². The van der Waals surface area contributed by atoms with Crippen LogP contribution in [0.1, 0.15) is 9.88 Å². The smallest absolute Gasteiger partial charge is 0.318 e. The first-order valence-electron chi connectivity index (χ1n) is 4.78. The SMILES string of the molecule is CNCCN(C)Cc1cnc(C(F)(F)F)s1.Cl. The number of rotatable bonds is 5. The van der Waals surface area contributed by atoms with Gasteiger partial charge >= 0.3 is 6.18 Å². The van der Waals surface area contributed by atoms with E-state index in [2.05, 4.69) is 10.3 Å². The van der Waals surface area contributed by atoms with Crippen LogP contribution in [0.15, 0.2) is 6.20 Å². The van der Waals surface area contributed by atoms with Crippen LogP contribution in [-0.4, -0.2) is 37.1 Å². The van der Waals surface area contributed by atoms with E-state index in [9.17, 15) is 13.2 Å². The van der Waals surface area contributed by atoms with Crippen LogP contribution in [0.4, 0.5) is 13.2 Å². The van der Waals surface area contributed by atoms with Crippen LogP contribution in [0.5, 0.6) is 0 Å². The Balaban J connectivity index is 0.00000256. The molecule has 0 atom stereocenters. The average Bonchev–Trinajstić information content (AvgIpc) is 2.62. The van der Waals surface area contributed by atoms with Gasteiger partial charge in [0.25, 0.3) is 0 Å². The van der Waals surface area contributed by atoms with Gasteiger partial charge in [0.05, 0.1) is 0 Å². The second-order valence-corrected chi connectivity index (χ2v) is 4.59. The third kappa shape index (κ3) is 5.67. The average molecular weight is 290 g/mol. The summed E-state index contributed by atoms with van der Waals surface area (Å²) < 4.78 is 36.8. The summed E-state index contributed by atoms with van der Waals surface area (Å²) in [5, 5.41) is 2.21. The van der Waals surface area contributed by atoms with E-state index in [4.69, 9.17) is 0 Å². The first-order chi connectivity index (χ1) is 7.43. The Hall–Kier alpha value is -0.370. The molecule has 3 nitrogen and oxygen atoms in total. The van der Waals surface area contributed by atoms with E-state index < -0.39 is 11.2 Å². The lowest BCUT2D eigenvalue weighted by atomic mass is 10.4. The maximum Gasteiger partial charge on any atom is 0.443 e. The minimum atomic E-state index is -4.33. The maximum absolute atomic E-state index is 12.3. The van der Waals surface area contributed by atoms with Gasteiger partial charge in [-0.2, -0.15) is 13.2 Å². The largest absolute Gasteiger partial charge is 0.443 e. The zero-order valence-corrected chi connectivity index (χ0v) is 11.2. The standard InChI is InChI=1S/C9H14F3N3S.ClH/c1-13-3-4-15(2)6-7-5-14-8(16-7)9(10,11)12;/h5,13H,3-4,6H2,1-2H3;1H. The highest BCUT2D eigenvalue weighted by atomic mass is 35.5. The number of aromatic nitrogens is 1. The number of nitrogens with zero attached hydrogens (tertiary/aromatic N) is 2. The van der Waals surface area contributed by atoms with Crippen molar-refractivity contribution in [1.82, 2.24) is 15.2 Å². The summed E-state index contributed by atoms with van der Waals surface area (Å²) in [6, 6.07) is 0. The van der Waals surface area contributed by atoms with Crippen LogP contribution in [0, 0.1) is 0 Å². The first kappa shape index (κ1) is 16.6. The Morgan fingerprint density at radius 3 is 2.59 bits per heavy atom. The molecule has 0 saturated carbocycles. The van der Waals surface area contributed by atoms with Crippen molar-refractivity contribution in [3.05, 3.63) is 16.1 Å². The normalized spacial score (nSPS) is 11.6. The summed E-state index contributed by atoms with van der Waals surface area (Å²) in [7, 11) is 3.70. The molecule has 1 heterocycles. The summed E-state index contributed by atoms with van der Waals surface area (Å²) in [6.07, 6.45) is -3.03. The van der Waals surface area contributed by atoms with Gasteiger partial charge in [-0.05, 0) is 14.1 Å². The molecule has 0 aliphatic carbocycles. The molecule has 100 valence electrons. The number of hydrogen-bond acceptors (Lipinski definition) is 4. The molecule has 0 aliphatic rings. The Bertz CT molecular complexity index is 330. The molecule has 0 amide bonds. The first-order valence-corrected chi connectivity index (χ1v) is 5.60. The van der Waals surface area contributed by atoms with Gasteiger partial charge in [0, 0.05) is 30.7 Å². The van der Waals surface area contributed by atoms with Crippen molar-refractivity contribution >= 4 is 23.7 Å². The van der Waals surface area contributed by atoms with Gasteiger partial charge in [0.15, 0.2) is 5.01 Å². The van der Waals surface area contributed by atoms with E-state index >= 15 is 0 Å². The van der Waals surface area contributed by atoms with Crippen LogP contribution >= 0.6 is 23.7 Å². The summed E-state index contributed by atoms with van der Waals surface area (Å²) in [6.45, 7) is 2.09. The second kappa shape index (κ2) is 7.15. The number of halogens is 4. The number of likely N-dealkylation sites (N-methyl/N-ethyl adjacent to an activating group) is 2. The number of hydrogen-bond donors (Lipinski definition) is 1. The predicted octanol–water partition coefficient (Wildman–Crippen LogP) is 2.23. The Labute approximate surface area is 108 Å². The number of thiazole rings is 1. The van der Waals surface area contributed by atoms with Gasteiger partial charge in [-0.3, -0.25) is 4.90 Å². The predicted molar refractivity (Wildman–Crippen MR) is 64.6 cm³/mol. The fourth-order valence-corrected chi connectivity index (χ4v) is 2.02. The van der Waals surface area contributed by atoms with Gasteiger partial charge in [-0.25, -0.2) is 4.98 Å². The molecule has 1 aromatic rings. The van der Waals surface area contributed by atoms with Crippen molar-refractivity contribution in [2.45, 2.75) is 12.7 Å². The molecule has 0 unspecified atom stereocenters. The summed E-state index contributed by atoms with van der Waals surface area (Å²) >= 11 is 0.703. The van der Waals surface area contributed by atoms with Gasteiger partial charge in [0.1, 0.15) is 0 Å². The summed E-state index contributed by atoms with van der Waals surface area (Å²) in [5.74, 6) is 0. The lowest BCUT2D eigenvalue weighted by molar-refractivity contribution is -0.137. The molecule has 0 aromatic carbocycles. The van der Waals surface area contributed by atoms with Crippen molar-refractivity contribution in [3.63, 3.8) is 0 Å². The van der Waals surface area contributed by atoms with Crippen LogP contribution in [0.25, 0.3) is 0 Å². The minimum Gasteiger partial charge on any atom is -0.318 e. The van der Waals surface area contributed by atoms with Crippen molar-refractivity contribution < 1.29 is 13.2 Å². The van der Waals surface area contributed by atoms with E-state index in [0.29, 0.717) is 22.8 Å². The van der Waals surface area contributed by atoms with Gasteiger partial charge in [0.2, 0.25) is 0 Å². The molecule has 8 heteroatoms. The molecule has 17 heavy (non-hydrogen) atoms. The van der Waals surface area contributed by atoms with Crippen LogP contribution < -0.4 is 5.32 Å². The Kier molecular flexibility index (Phi) is 6.99. The third-order valence-corrected chi connectivity index (χ3v) is 2.99. The lowest BCUT2D eigenvalue weighted by Gasteiger charge is -2.14. The quantitative estimate of drug-likeness (QED) is 0.901. The molecule has 0 bridgehead atoms. The molecule has 0 aliphatic heterocycles. The Morgan fingerprint density at radius 2 is 2.12 bits per heavy atom. The third-order valence-electron chi connectivity index (χ3n) is 1.97. The van der Waals surface area contributed by atoms with E-state index in [-0.39, 0.29) is 12.4 Å². The molecule has 0 radical (unpaired) electrons. The summed E-state index contributed by atoms with van der Waals surface area (Å²) in [4.78, 5) is 5.95. The fourth-order valence-electron chi connectivity index (χ4n) is 1.16. The molecule has 1 N–H and O–H groups in total. The molecular weight excluding hydrogens is 275 g/mol. The highest BCUT2D eigenvalue weighted by molar-refractivity contribution is 7.11. The number of alkyl halides is 3. The van der Waals surface area contributed by atoms with Crippen LogP contribution in [0.2, 0.25) is 0 Å². The van der Waals surface area contributed by atoms with Gasteiger partial charge in [-0.1, -0.05) is 0 Å². The monoisotopic (exact) mass is 289 g/mol. The van der Waals surface area contributed by atoms with Crippen molar-refractivity contribution in [1.29, 1.82) is 0 Å². The van der Waals surface area contributed by atoms with E-state index in [1.807, 2.05) is 19.0 Å². The second-order valence-electron chi connectivity index (χ2n) is 3.47. The maximum atomic E-state index is 12.3. The van der Waals surface area contributed by atoms with Crippen molar-refractivity contribution in [2.24, 2.45) is 0 Å². The van der Waals surface area contributed by atoms with Crippen LogP contribution in [-0.2, 0) is 12.7 Å². The molecule has 0 spiro atoms. The molecular formula is C9H15ClF3N3S. The van der Waals surface area contributed by atoms with E-state index in [0.717, 1.165) is 13.1 Å². The highest BCUT2D eigenvalue weighted by Gasteiger charge is 2.34. The van der Waals surface area contributed by atoms with Gasteiger partial charge < -0.3 is 5.32 Å². The zero-order valence-electron chi connectivity index (χ0n) is 9.54. The van der Waals surface area contributed by atoms with Crippen molar-refractivity contribution in [2.75, 3.05) is 27.2 Å². The lowest BCUT2D eigenvalue weighted by Crippen LogP contribution is -2.26. The summed E-state index contributed by atoms with van der Waals surface area (Å²) in [5.41, 5.74) is 0. The number of nitrogens with one attached hydrogen (secondary N) is 1. The molecule has 0 fully saturated rings. The van der Waals surface area contributed by atoms with E-state index in [1.165, 1.54) is 6.20 Å². The van der Waals surface area contributed by atoms with Crippen LogP contribution in [0.3, 0.4) is 0 Å². The fraction of sp³-hybridized carbons (Fsp3) is 0.667. The molecule has 0 saturated heterocycles. The van der Waals surface area contributed by atoms with Crippen molar-refractivity contribution in [3.8, 4) is 0 Å². The highest BCUT2D eigenvalue weighted by Crippen LogP contribution is 2.32. The molecule has 1 rings (SSSR count). The van der Waals surface area contributed by atoms with Gasteiger partial charge in [-0.15, -0.1) is 23.7 Å². The minimum absolute atomic E-state index is 0. The topological polar surface area (TPSA) is 28.2 Å².